The summed E-state index contributed by atoms with van der Waals surface area (Å²) in [4.78, 5) is 0. The molecule has 1 saturated heterocycles. The van der Waals surface area contributed by atoms with Crippen molar-refractivity contribution in [1.82, 2.24) is 5.32 Å². The van der Waals surface area contributed by atoms with Crippen LogP contribution in [0.4, 0.5) is 0 Å². The molecule has 1 rings (SSSR count). The fraction of sp³-hybridized carbons (Fsp3) is 0.500. The Bertz CT molecular complexity index is 148. The molecular formula is C6H11N3. The molecule has 0 aromatic carbocycles. The highest BCUT2D eigenvalue weighted by atomic mass is 14.9. The zero-order valence-corrected chi connectivity index (χ0v) is 5.28. The van der Waals surface area contributed by atoms with Gasteiger partial charge >= 0.3 is 0 Å². The second-order valence-electron chi connectivity index (χ2n) is 2.10. The quantitative estimate of drug-likeness (QED) is 0.421. The number of piperidine rings is 1. The van der Waals surface area contributed by atoms with Gasteiger partial charge in [0.05, 0.1) is 0 Å². The molecule has 1 aliphatic heterocycles. The van der Waals surface area contributed by atoms with E-state index in [1.54, 1.807) is 0 Å². The summed E-state index contributed by atoms with van der Waals surface area (Å²) >= 11 is 0. The molecule has 0 unspecified atom stereocenters. The van der Waals surface area contributed by atoms with E-state index in [9.17, 15) is 0 Å². The first-order chi connectivity index (χ1) is 4.34. The Morgan fingerprint density at radius 3 is 2.89 bits per heavy atom. The van der Waals surface area contributed by atoms with E-state index < -0.39 is 0 Å². The Morgan fingerprint density at radius 1 is 1.67 bits per heavy atom. The van der Waals surface area contributed by atoms with Crippen molar-refractivity contribution in [3.05, 3.63) is 11.8 Å². The molecule has 4 N–H and O–H groups in total. The van der Waals surface area contributed by atoms with Gasteiger partial charge in [-0.2, -0.15) is 0 Å². The maximum Gasteiger partial charge on any atom is 0.0498 e. The Kier molecular flexibility index (Phi) is 1.85. The van der Waals surface area contributed by atoms with E-state index in [1.165, 1.54) is 6.20 Å². The summed E-state index contributed by atoms with van der Waals surface area (Å²) in [6.07, 6.45) is 2.43. The van der Waals surface area contributed by atoms with Gasteiger partial charge in [0.1, 0.15) is 0 Å². The van der Waals surface area contributed by atoms with Crippen LogP contribution in [0, 0.1) is 5.41 Å². The van der Waals surface area contributed by atoms with Crippen LogP contribution in [0.25, 0.3) is 0 Å². The molecule has 0 bridgehead atoms. The van der Waals surface area contributed by atoms with Gasteiger partial charge < -0.3 is 16.5 Å². The first kappa shape index (κ1) is 6.29. The summed E-state index contributed by atoms with van der Waals surface area (Å²) in [5.41, 5.74) is 6.87. The molecule has 0 atom stereocenters. The average Bonchev–Trinajstić information content (AvgIpc) is 1.89. The molecule has 1 fully saturated rings. The van der Waals surface area contributed by atoms with Crippen molar-refractivity contribution in [1.29, 1.82) is 5.41 Å². The van der Waals surface area contributed by atoms with Gasteiger partial charge in [0.15, 0.2) is 0 Å². The Morgan fingerprint density at radius 2 is 2.44 bits per heavy atom. The number of nitrogens with one attached hydrogen (secondary N) is 2. The van der Waals surface area contributed by atoms with Crippen LogP contribution >= 0.6 is 0 Å². The molecular weight excluding hydrogens is 114 g/mol. The van der Waals surface area contributed by atoms with E-state index >= 15 is 0 Å². The summed E-state index contributed by atoms with van der Waals surface area (Å²) in [7, 11) is 0. The molecule has 0 amide bonds. The van der Waals surface area contributed by atoms with Crippen molar-refractivity contribution in [2.45, 2.75) is 6.42 Å². The van der Waals surface area contributed by atoms with Crippen LogP contribution in [0.1, 0.15) is 6.42 Å². The van der Waals surface area contributed by atoms with E-state index in [0.29, 0.717) is 12.3 Å². The van der Waals surface area contributed by atoms with Crippen molar-refractivity contribution in [2.24, 2.45) is 5.73 Å². The van der Waals surface area contributed by atoms with Crippen LogP contribution in [-0.2, 0) is 0 Å². The highest BCUT2D eigenvalue weighted by molar-refractivity contribution is 5.99. The molecule has 0 aliphatic carbocycles. The summed E-state index contributed by atoms with van der Waals surface area (Å²) in [5, 5.41) is 10.4. The lowest BCUT2D eigenvalue weighted by atomic mass is 10.1. The van der Waals surface area contributed by atoms with Crippen molar-refractivity contribution in [3.8, 4) is 0 Å². The smallest absolute Gasteiger partial charge is 0.0498 e. The monoisotopic (exact) mass is 125 g/mol. The van der Waals surface area contributed by atoms with Gasteiger partial charge in [0.25, 0.3) is 0 Å². The second-order valence-corrected chi connectivity index (χ2v) is 2.10. The van der Waals surface area contributed by atoms with Crippen molar-refractivity contribution in [2.75, 3.05) is 13.1 Å². The van der Waals surface area contributed by atoms with Gasteiger partial charge in [-0.15, -0.1) is 0 Å². The van der Waals surface area contributed by atoms with Gasteiger partial charge in [-0.25, -0.2) is 0 Å². The fourth-order valence-electron chi connectivity index (χ4n) is 0.885. The first-order valence-corrected chi connectivity index (χ1v) is 3.04. The highest BCUT2D eigenvalue weighted by Crippen LogP contribution is 2.03. The number of hydrogen-bond acceptors (Lipinski definition) is 3. The van der Waals surface area contributed by atoms with Gasteiger partial charge in [-0.05, 0) is 24.7 Å². The largest absolute Gasteiger partial charge is 0.404 e. The minimum absolute atomic E-state index is 0.628. The molecule has 9 heavy (non-hydrogen) atoms. The predicted octanol–water partition coefficient (Wildman–Crippen LogP) is -0.158. The molecule has 0 aromatic heterocycles. The maximum absolute atomic E-state index is 7.34. The third-order valence-electron chi connectivity index (χ3n) is 1.46. The normalized spacial score (nSPS) is 24.9. The minimum Gasteiger partial charge on any atom is -0.404 e. The Balaban J connectivity index is 2.60. The topological polar surface area (TPSA) is 61.9 Å². The first-order valence-electron chi connectivity index (χ1n) is 3.04. The molecule has 50 valence electrons. The van der Waals surface area contributed by atoms with E-state index in [1.807, 2.05) is 0 Å². The van der Waals surface area contributed by atoms with Gasteiger partial charge in [-0.3, -0.25) is 0 Å². The Hall–Kier alpha value is -0.830. The number of nitrogens with two attached hydrogens (primary N) is 1. The van der Waals surface area contributed by atoms with Crippen molar-refractivity contribution < 1.29 is 0 Å². The van der Waals surface area contributed by atoms with Crippen LogP contribution in [0.3, 0.4) is 0 Å². The molecule has 0 aromatic rings. The molecule has 0 radical (unpaired) electrons. The molecule has 3 heteroatoms. The fourth-order valence-corrected chi connectivity index (χ4v) is 0.885. The Labute approximate surface area is 54.4 Å². The molecule has 0 saturated carbocycles. The van der Waals surface area contributed by atoms with Crippen molar-refractivity contribution in [3.63, 3.8) is 0 Å². The van der Waals surface area contributed by atoms with Crippen LogP contribution in [-0.4, -0.2) is 18.8 Å². The highest BCUT2D eigenvalue weighted by Gasteiger charge is 2.08. The lowest BCUT2D eigenvalue weighted by Gasteiger charge is -2.15. The molecule has 1 heterocycles. The van der Waals surface area contributed by atoms with Crippen LogP contribution in [0.5, 0.6) is 0 Å². The maximum atomic E-state index is 7.34. The standard InChI is InChI=1S/C6H11N3/c7-3-5-1-2-9-4-6(5)8/h3,8-9H,1-2,4,7H2. The SMILES string of the molecule is N=C1CNCCC1=CN. The number of rotatable bonds is 0. The summed E-state index contributed by atoms with van der Waals surface area (Å²) in [6.45, 7) is 1.62. The van der Waals surface area contributed by atoms with Crippen LogP contribution in [0.2, 0.25) is 0 Å². The van der Waals surface area contributed by atoms with E-state index in [4.69, 9.17) is 11.1 Å². The van der Waals surface area contributed by atoms with Crippen LogP contribution in [0.15, 0.2) is 11.8 Å². The summed E-state index contributed by atoms with van der Waals surface area (Å²) in [6, 6.07) is 0. The molecule has 0 spiro atoms. The van der Waals surface area contributed by atoms with E-state index in [0.717, 1.165) is 18.5 Å². The van der Waals surface area contributed by atoms with Gasteiger partial charge in [-0.1, -0.05) is 0 Å². The van der Waals surface area contributed by atoms with E-state index in [2.05, 4.69) is 5.32 Å². The third kappa shape index (κ3) is 1.29. The van der Waals surface area contributed by atoms with Gasteiger partial charge in [0.2, 0.25) is 0 Å². The molecule has 3 nitrogen and oxygen atoms in total. The zero-order chi connectivity index (χ0) is 6.69. The summed E-state index contributed by atoms with van der Waals surface area (Å²) < 4.78 is 0. The van der Waals surface area contributed by atoms with Crippen molar-refractivity contribution >= 4 is 5.71 Å². The lowest BCUT2D eigenvalue weighted by Crippen LogP contribution is -2.31. The number of hydrogen-bond donors (Lipinski definition) is 3. The molecule has 1 aliphatic rings. The van der Waals surface area contributed by atoms with Crippen LogP contribution < -0.4 is 11.1 Å². The lowest BCUT2D eigenvalue weighted by molar-refractivity contribution is 0.728. The third-order valence-corrected chi connectivity index (χ3v) is 1.46. The minimum atomic E-state index is 0.628. The van der Waals surface area contributed by atoms with E-state index in [-0.39, 0.29) is 0 Å². The predicted molar refractivity (Wildman–Crippen MR) is 37.5 cm³/mol. The zero-order valence-electron chi connectivity index (χ0n) is 5.28. The second kappa shape index (κ2) is 2.64. The van der Waals surface area contributed by atoms with Gasteiger partial charge in [0, 0.05) is 12.3 Å². The summed E-state index contributed by atoms with van der Waals surface area (Å²) in [5.74, 6) is 0. The average molecular weight is 125 g/mol.